The third-order valence-corrected chi connectivity index (χ3v) is 2.32. The predicted molar refractivity (Wildman–Crippen MR) is 62.1 cm³/mol. The van der Waals surface area contributed by atoms with Gasteiger partial charge in [-0.2, -0.15) is 4.98 Å². The molecule has 16 heavy (non-hydrogen) atoms. The van der Waals surface area contributed by atoms with Crippen LogP contribution in [0.25, 0.3) is 5.78 Å². The van der Waals surface area contributed by atoms with Gasteiger partial charge in [0.05, 0.1) is 0 Å². The van der Waals surface area contributed by atoms with Gasteiger partial charge in [-0.1, -0.05) is 20.8 Å². The van der Waals surface area contributed by atoms with Gasteiger partial charge >= 0.3 is 0 Å². The number of hydrogen-bond donors (Lipinski definition) is 1. The molecular formula is C11H17N5. The average molecular weight is 219 g/mol. The van der Waals surface area contributed by atoms with Crippen LogP contribution >= 0.6 is 0 Å². The number of aryl methyl sites for hydroxylation is 1. The topological polar surface area (TPSA) is 55.1 Å². The standard InChI is InChI=1S/C11H17N5/c1-4-10-14-11-13-6-9(5-12-8(2)3)7-16(11)15-10/h6-8,12H,4-5H2,1-3H3. The summed E-state index contributed by atoms with van der Waals surface area (Å²) in [5.41, 5.74) is 1.12. The van der Waals surface area contributed by atoms with Gasteiger partial charge in [0.15, 0.2) is 5.82 Å². The second-order valence-electron chi connectivity index (χ2n) is 4.12. The summed E-state index contributed by atoms with van der Waals surface area (Å²) in [6, 6.07) is 0.470. The normalized spacial score (nSPS) is 11.5. The summed E-state index contributed by atoms with van der Waals surface area (Å²) in [7, 11) is 0. The molecular weight excluding hydrogens is 202 g/mol. The van der Waals surface area contributed by atoms with Crippen LogP contribution in [0.2, 0.25) is 0 Å². The number of aromatic nitrogens is 4. The SMILES string of the molecule is CCc1nc2ncc(CNC(C)C)cn2n1. The zero-order chi connectivity index (χ0) is 11.5. The monoisotopic (exact) mass is 219 g/mol. The van der Waals surface area contributed by atoms with Crippen molar-refractivity contribution in [1.29, 1.82) is 0 Å². The quantitative estimate of drug-likeness (QED) is 0.839. The highest BCUT2D eigenvalue weighted by Gasteiger charge is 2.03. The maximum Gasteiger partial charge on any atom is 0.252 e. The summed E-state index contributed by atoms with van der Waals surface area (Å²) in [4.78, 5) is 8.56. The van der Waals surface area contributed by atoms with E-state index in [1.807, 2.05) is 19.3 Å². The molecule has 0 spiro atoms. The maximum atomic E-state index is 4.33. The maximum absolute atomic E-state index is 4.33. The van der Waals surface area contributed by atoms with Crippen molar-refractivity contribution in [2.24, 2.45) is 0 Å². The molecule has 5 nitrogen and oxygen atoms in total. The van der Waals surface area contributed by atoms with Crippen LogP contribution in [-0.2, 0) is 13.0 Å². The van der Waals surface area contributed by atoms with Crippen molar-refractivity contribution in [3.8, 4) is 0 Å². The van der Waals surface area contributed by atoms with E-state index < -0.39 is 0 Å². The largest absolute Gasteiger partial charge is 0.310 e. The van der Waals surface area contributed by atoms with E-state index in [0.717, 1.165) is 24.4 Å². The van der Waals surface area contributed by atoms with Crippen molar-refractivity contribution < 1.29 is 0 Å². The Hall–Kier alpha value is -1.49. The lowest BCUT2D eigenvalue weighted by Crippen LogP contribution is -2.22. The highest BCUT2D eigenvalue weighted by atomic mass is 15.3. The van der Waals surface area contributed by atoms with Crippen molar-refractivity contribution in [1.82, 2.24) is 24.9 Å². The Bertz CT molecular complexity index is 474. The minimum absolute atomic E-state index is 0.470. The zero-order valence-electron chi connectivity index (χ0n) is 9.94. The molecule has 1 N–H and O–H groups in total. The van der Waals surface area contributed by atoms with E-state index in [4.69, 9.17) is 0 Å². The molecule has 0 aromatic carbocycles. The molecule has 5 heteroatoms. The van der Waals surface area contributed by atoms with Gasteiger partial charge in [0.1, 0.15) is 0 Å². The smallest absolute Gasteiger partial charge is 0.252 e. The van der Waals surface area contributed by atoms with Gasteiger partial charge in [-0.15, -0.1) is 5.10 Å². The minimum Gasteiger partial charge on any atom is -0.310 e. The third-order valence-electron chi connectivity index (χ3n) is 2.32. The van der Waals surface area contributed by atoms with Crippen LogP contribution in [0, 0.1) is 0 Å². The summed E-state index contributed by atoms with van der Waals surface area (Å²) in [5.74, 6) is 1.51. The second-order valence-corrected chi connectivity index (χ2v) is 4.12. The summed E-state index contributed by atoms with van der Waals surface area (Å²) in [6.45, 7) is 7.09. The molecule has 86 valence electrons. The predicted octanol–water partition coefficient (Wildman–Crippen LogP) is 1.18. The van der Waals surface area contributed by atoms with Crippen molar-refractivity contribution in [3.05, 3.63) is 23.8 Å². The molecule has 0 radical (unpaired) electrons. The molecule has 0 saturated heterocycles. The first kappa shape index (κ1) is 11.0. The second kappa shape index (κ2) is 4.57. The summed E-state index contributed by atoms with van der Waals surface area (Å²) < 4.78 is 1.75. The lowest BCUT2D eigenvalue weighted by Gasteiger charge is -2.07. The number of hydrogen-bond acceptors (Lipinski definition) is 4. The lowest BCUT2D eigenvalue weighted by atomic mass is 10.3. The summed E-state index contributed by atoms with van der Waals surface area (Å²) in [5, 5.41) is 7.68. The van der Waals surface area contributed by atoms with Gasteiger partial charge in [-0.25, -0.2) is 9.50 Å². The van der Waals surface area contributed by atoms with Gasteiger partial charge in [0, 0.05) is 37.0 Å². The highest BCUT2D eigenvalue weighted by molar-refractivity contribution is 5.27. The number of nitrogens with one attached hydrogen (secondary N) is 1. The van der Waals surface area contributed by atoms with Crippen LogP contribution in [0.15, 0.2) is 12.4 Å². The van der Waals surface area contributed by atoms with Crippen molar-refractivity contribution in [2.45, 2.75) is 39.8 Å². The molecule has 0 atom stereocenters. The van der Waals surface area contributed by atoms with Gasteiger partial charge in [0.2, 0.25) is 0 Å². The number of fused-ring (bicyclic) bond motifs is 1. The van der Waals surface area contributed by atoms with Crippen molar-refractivity contribution in [2.75, 3.05) is 0 Å². The van der Waals surface area contributed by atoms with Gasteiger partial charge in [0.25, 0.3) is 5.78 Å². The van der Waals surface area contributed by atoms with E-state index in [9.17, 15) is 0 Å². The Kier molecular flexibility index (Phi) is 3.14. The summed E-state index contributed by atoms with van der Waals surface area (Å²) >= 11 is 0. The molecule has 0 saturated carbocycles. The van der Waals surface area contributed by atoms with Crippen LogP contribution < -0.4 is 5.32 Å². The van der Waals surface area contributed by atoms with Crippen LogP contribution in [-0.4, -0.2) is 25.6 Å². The number of nitrogens with zero attached hydrogens (tertiary/aromatic N) is 4. The lowest BCUT2D eigenvalue weighted by molar-refractivity contribution is 0.585. The Balaban J connectivity index is 2.22. The fourth-order valence-corrected chi connectivity index (χ4v) is 1.43. The van der Waals surface area contributed by atoms with Crippen molar-refractivity contribution >= 4 is 5.78 Å². The Morgan fingerprint density at radius 1 is 1.44 bits per heavy atom. The van der Waals surface area contributed by atoms with Crippen molar-refractivity contribution in [3.63, 3.8) is 0 Å². The molecule has 2 rings (SSSR count). The molecule has 2 aromatic rings. The number of rotatable bonds is 4. The first-order valence-electron chi connectivity index (χ1n) is 5.62. The van der Waals surface area contributed by atoms with Gasteiger partial charge in [-0.05, 0) is 0 Å². The molecule has 0 unspecified atom stereocenters. The fourth-order valence-electron chi connectivity index (χ4n) is 1.43. The van der Waals surface area contributed by atoms with E-state index in [0.29, 0.717) is 11.8 Å². The van der Waals surface area contributed by atoms with Gasteiger partial charge < -0.3 is 5.32 Å². The molecule has 2 aromatic heterocycles. The van der Waals surface area contributed by atoms with E-state index in [1.165, 1.54) is 0 Å². The molecule has 0 aliphatic heterocycles. The van der Waals surface area contributed by atoms with E-state index in [-0.39, 0.29) is 0 Å². The highest BCUT2D eigenvalue weighted by Crippen LogP contribution is 2.02. The van der Waals surface area contributed by atoms with Crippen LogP contribution in [0.5, 0.6) is 0 Å². The molecule has 0 fully saturated rings. The Labute approximate surface area is 94.9 Å². The summed E-state index contributed by atoms with van der Waals surface area (Å²) in [6.07, 6.45) is 4.66. The molecule has 0 amide bonds. The van der Waals surface area contributed by atoms with Crippen LogP contribution in [0.4, 0.5) is 0 Å². The van der Waals surface area contributed by atoms with Crippen LogP contribution in [0.3, 0.4) is 0 Å². The van der Waals surface area contributed by atoms with Crippen LogP contribution in [0.1, 0.15) is 32.2 Å². The molecule has 0 bridgehead atoms. The van der Waals surface area contributed by atoms with E-state index in [1.54, 1.807) is 4.52 Å². The van der Waals surface area contributed by atoms with Gasteiger partial charge in [-0.3, -0.25) is 0 Å². The molecule has 2 heterocycles. The third kappa shape index (κ3) is 2.36. The Morgan fingerprint density at radius 3 is 2.94 bits per heavy atom. The minimum atomic E-state index is 0.470. The van der Waals surface area contributed by atoms with E-state index in [2.05, 4.69) is 34.2 Å². The van der Waals surface area contributed by atoms with E-state index >= 15 is 0 Å². The first-order chi connectivity index (χ1) is 7.69. The fraction of sp³-hybridized carbons (Fsp3) is 0.545. The molecule has 0 aliphatic carbocycles. The zero-order valence-corrected chi connectivity index (χ0v) is 9.94. The first-order valence-corrected chi connectivity index (χ1v) is 5.62. The Morgan fingerprint density at radius 2 is 2.25 bits per heavy atom. The average Bonchev–Trinajstić information content (AvgIpc) is 2.68. The molecule has 0 aliphatic rings.